The van der Waals surface area contributed by atoms with Crippen LogP contribution in [-0.2, 0) is 26.1 Å². The molecule has 2 aromatic heterocycles. The molecule has 0 saturated carbocycles. The third-order valence-electron chi connectivity index (χ3n) is 6.53. The number of aliphatic hydroxyl groups excluding tert-OH is 1. The number of likely N-dealkylation sites (tertiary alicyclic amines) is 1. The molecule has 0 unspecified atom stereocenters. The molecule has 8 heteroatoms. The number of methoxy groups -OCH3 is 1. The molecule has 1 amide bonds. The average Bonchev–Trinajstić information content (AvgIpc) is 3.47. The Morgan fingerprint density at radius 3 is 2.94 bits per heavy atom. The summed E-state index contributed by atoms with van der Waals surface area (Å²) < 4.78 is 7.38. The number of hydrogen-bond donors (Lipinski definition) is 1. The standard InChI is InChI=1S/C25H30N4O3S/c1-32-20-7-2-5-18(13-20)14-29-23-9-11-27(16-21-8-4-12-33-21)17-22(23)24(26-29)25(31)28-10-3-6-19(30)15-28/h2,4-5,7-8,12-13,19,30H,3,6,9-11,14-17H2,1H3/t19-/m1/s1. The number of fused-ring (bicyclic) bond motifs is 1. The molecule has 1 fully saturated rings. The van der Waals surface area contributed by atoms with E-state index in [-0.39, 0.29) is 5.91 Å². The van der Waals surface area contributed by atoms with Gasteiger partial charge in [0.25, 0.3) is 5.91 Å². The van der Waals surface area contributed by atoms with Gasteiger partial charge in [-0.1, -0.05) is 18.2 Å². The largest absolute Gasteiger partial charge is 0.497 e. The van der Waals surface area contributed by atoms with Crippen LogP contribution in [0, 0.1) is 0 Å². The number of carbonyl (C=O) groups is 1. The number of carbonyl (C=O) groups excluding carboxylic acids is 1. The van der Waals surface area contributed by atoms with E-state index in [0.717, 1.165) is 54.9 Å². The molecule has 1 atom stereocenters. The lowest BCUT2D eigenvalue weighted by Crippen LogP contribution is -2.43. The second-order valence-corrected chi connectivity index (χ2v) is 9.90. The van der Waals surface area contributed by atoms with Gasteiger partial charge in [-0.25, -0.2) is 0 Å². The van der Waals surface area contributed by atoms with Crippen molar-refractivity contribution in [1.82, 2.24) is 19.6 Å². The van der Waals surface area contributed by atoms with Crippen LogP contribution in [0.15, 0.2) is 41.8 Å². The molecule has 5 rings (SSSR count). The van der Waals surface area contributed by atoms with Gasteiger partial charge in [0, 0.05) is 55.3 Å². The molecule has 2 aliphatic heterocycles. The van der Waals surface area contributed by atoms with Crippen molar-refractivity contribution in [2.75, 3.05) is 26.7 Å². The van der Waals surface area contributed by atoms with Crippen molar-refractivity contribution in [2.24, 2.45) is 0 Å². The molecule has 174 valence electrons. The Kier molecular flexibility index (Phi) is 6.48. The van der Waals surface area contributed by atoms with Crippen LogP contribution in [0.3, 0.4) is 0 Å². The molecule has 0 radical (unpaired) electrons. The molecule has 4 heterocycles. The van der Waals surface area contributed by atoms with Crippen LogP contribution in [0.1, 0.15) is 45.0 Å². The van der Waals surface area contributed by atoms with Crippen LogP contribution in [-0.4, -0.2) is 63.4 Å². The quantitative estimate of drug-likeness (QED) is 0.604. The minimum absolute atomic E-state index is 0.0626. The first kappa shape index (κ1) is 22.1. The van der Waals surface area contributed by atoms with Gasteiger partial charge in [-0.05, 0) is 42.0 Å². The third kappa shape index (κ3) is 4.83. The number of hydrogen-bond acceptors (Lipinski definition) is 6. The molecule has 3 aromatic rings. The first-order valence-corrected chi connectivity index (χ1v) is 12.4. The lowest BCUT2D eigenvalue weighted by Gasteiger charge is -2.31. The lowest BCUT2D eigenvalue weighted by atomic mass is 10.0. The van der Waals surface area contributed by atoms with Gasteiger partial charge in [0.15, 0.2) is 5.69 Å². The Bertz CT molecular complexity index is 1110. The maximum atomic E-state index is 13.5. The molecule has 0 bridgehead atoms. The molecule has 7 nitrogen and oxygen atoms in total. The zero-order valence-electron chi connectivity index (χ0n) is 18.9. The fraction of sp³-hybridized carbons (Fsp3) is 0.440. The summed E-state index contributed by atoms with van der Waals surface area (Å²) in [5.41, 5.74) is 3.80. The molecule has 0 spiro atoms. The number of ether oxygens (including phenoxy) is 1. The highest BCUT2D eigenvalue weighted by molar-refractivity contribution is 7.09. The van der Waals surface area contributed by atoms with Gasteiger partial charge in [-0.2, -0.15) is 5.10 Å². The monoisotopic (exact) mass is 466 g/mol. The Labute approximate surface area is 198 Å². The van der Waals surface area contributed by atoms with Crippen molar-refractivity contribution in [3.05, 3.63) is 69.2 Å². The van der Waals surface area contributed by atoms with Crippen molar-refractivity contribution in [3.8, 4) is 5.75 Å². The van der Waals surface area contributed by atoms with Gasteiger partial charge >= 0.3 is 0 Å². The number of benzene rings is 1. The van der Waals surface area contributed by atoms with Gasteiger partial charge in [-0.15, -0.1) is 11.3 Å². The highest BCUT2D eigenvalue weighted by atomic mass is 32.1. The molecular formula is C25H30N4O3S. The van der Waals surface area contributed by atoms with E-state index >= 15 is 0 Å². The smallest absolute Gasteiger partial charge is 0.274 e. The summed E-state index contributed by atoms with van der Waals surface area (Å²) in [6, 6.07) is 12.2. The number of aliphatic hydroxyl groups is 1. The molecule has 1 aromatic carbocycles. The number of amides is 1. The summed E-state index contributed by atoms with van der Waals surface area (Å²) in [5.74, 6) is 0.751. The van der Waals surface area contributed by atoms with Gasteiger partial charge in [-0.3, -0.25) is 14.4 Å². The number of β-amino-alcohol motifs (C(OH)–C–C–N with tert-alkyl or cyclic N) is 1. The van der Waals surface area contributed by atoms with Crippen molar-refractivity contribution in [3.63, 3.8) is 0 Å². The fourth-order valence-electron chi connectivity index (χ4n) is 4.84. The first-order chi connectivity index (χ1) is 16.1. The lowest BCUT2D eigenvalue weighted by molar-refractivity contribution is 0.0466. The maximum absolute atomic E-state index is 13.5. The number of thiophene rings is 1. The first-order valence-electron chi connectivity index (χ1n) is 11.5. The van der Waals surface area contributed by atoms with Crippen LogP contribution in [0.25, 0.3) is 0 Å². The summed E-state index contributed by atoms with van der Waals surface area (Å²) >= 11 is 1.76. The van der Waals surface area contributed by atoms with E-state index in [2.05, 4.69) is 28.5 Å². The summed E-state index contributed by atoms with van der Waals surface area (Å²) in [4.78, 5) is 19.0. The van der Waals surface area contributed by atoms with E-state index in [0.29, 0.717) is 31.9 Å². The molecule has 1 saturated heterocycles. The molecule has 33 heavy (non-hydrogen) atoms. The van der Waals surface area contributed by atoms with Crippen LogP contribution in [0.4, 0.5) is 0 Å². The minimum Gasteiger partial charge on any atom is -0.497 e. The summed E-state index contributed by atoms with van der Waals surface area (Å²) in [6.45, 7) is 4.18. The van der Waals surface area contributed by atoms with Crippen molar-refractivity contribution >= 4 is 17.2 Å². The average molecular weight is 467 g/mol. The van der Waals surface area contributed by atoms with Crippen molar-refractivity contribution < 1.29 is 14.6 Å². The van der Waals surface area contributed by atoms with Crippen LogP contribution in [0.5, 0.6) is 5.75 Å². The zero-order chi connectivity index (χ0) is 22.8. The van der Waals surface area contributed by atoms with Crippen molar-refractivity contribution in [2.45, 2.75) is 45.0 Å². The predicted octanol–water partition coefficient (Wildman–Crippen LogP) is 3.16. The van der Waals surface area contributed by atoms with Crippen LogP contribution < -0.4 is 4.74 Å². The highest BCUT2D eigenvalue weighted by Crippen LogP contribution is 2.27. The fourth-order valence-corrected chi connectivity index (χ4v) is 5.59. The van der Waals surface area contributed by atoms with Gasteiger partial charge < -0.3 is 14.7 Å². The third-order valence-corrected chi connectivity index (χ3v) is 7.39. The van der Waals surface area contributed by atoms with E-state index < -0.39 is 6.10 Å². The van der Waals surface area contributed by atoms with Gasteiger partial charge in [0.05, 0.1) is 19.8 Å². The predicted molar refractivity (Wildman–Crippen MR) is 128 cm³/mol. The molecule has 0 aliphatic carbocycles. The van der Waals surface area contributed by atoms with E-state index in [1.54, 1.807) is 23.3 Å². The molecule has 2 aliphatic rings. The van der Waals surface area contributed by atoms with Gasteiger partial charge in [0.1, 0.15) is 5.75 Å². The van der Waals surface area contributed by atoms with E-state index in [9.17, 15) is 9.90 Å². The molecule has 1 N–H and O–H groups in total. The molecular weight excluding hydrogens is 436 g/mol. The Morgan fingerprint density at radius 2 is 2.15 bits per heavy atom. The topological polar surface area (TPSA) is 70.8 Å². The number of aromatic nitrogens is 2. The summed E-state index contributed by atoms with van der Waals surface area (Å²) in [6.07, 6.45) is 1.98. The Hall–Kier alpha value is -2.68. The minimum atomic E-state index is -0.451. The Balaban J connectivity index is 1.45. The van der Waals surface area contributed by atoms with E-state index in [1.165, 1.54) is 4.88 Å². The number of piperidine rings is 1. The van der Waals surface area contributed by atoms with Crippen LogP contribution >= 0.6 is 11.3 Å². The Morgan fingerprint density at radius 1 is 1.24 bits per heavy atom. The zero-order valence-corrected chi connectivity index (χ0v) is 19.8. The van der Waals surface area contributed by atoms with Crippen molar-refractivity contribution in [1.29, 1.82) is 0 Å². The van der Waals surface area contributed by atoms with E-state index in [1.807, 2.05) is 22.9 Å². The summed E-state index contributed by atoms with van der Waals surface area (Å²) in [7, 11) is 1.67. The normalized spacial score (nSPS) is 18.8. The summed E-state index contributed by atoms with van der Waals surface area (Å²) in [5, 5.41) is 17.1. The number of rotatable bonds is 6. The number of nitrogens with zero attached hydrogens (tertiary/aromatic N) is 4. The highest BCUT2D eigenvalue weighted by Gasteiger charge is 2.32. The second kappa shape index (κ2) is 9.67. The van der Waals surface area contributed by atoms with Crippen LogP contribution in [0.2, 0.25) is 0 Å². The maximum Gasteiger partial charge on any atom is 0.274 e. The SMILES string of the molecule is COc1cccc(Cn2nc(C(=O)N3CCC[C@@H](O)C3)c3c2CCN(Cc2cccs2)C3)c1. The van der Waals surface area contributed by atoms with Gasteiger partial charge in [0.2, 0.25) is 0 Å². The second-order valence-electron chi connectivity index (χ2n) is 8.87. The van der Waals surface area contributed by atoms with E-state index in [4.69, 9.17) is 9.84 Å².